The fourth-order valence-corrected chi connectivity index (χ4v) is 2.88. The van der Waals surface area contributed by atoms with E-state index in [2.05, 4.69) is 9.97 Å². The van der Waals surface area contributed by atoms with Crippen LogP contribution in [-0.4, -0.2) is 16.6 Å². The van der Waals surface area contributed by atoms with Crippen LogP contribution in [0.1, 0.15) is 10.9 Å². The summed E-state index contributed by atoms with van der Waals surface area (Å²) >= 11 is 1.45. The highest BCUT2D eigenvalue weighted by Gasteiger charge is 2.23. The number of benzene rings is 1. The summed E-state index contributed by atoms with van der Waals surface area (Å²) in [5, 5.41) is -0.150. The molecule has 19 heavy (non-hydrogen) atoms. The first-order valence-corrected chi connectivity index (χ1v) is 6.42. The van der Waals surface area contributed by atoms with Gasteiger partial charge in [-0.1, -0.05) is 0 Å². The van der Waals surface area contributed by atoms with E-state index in [0.717, 1.165) is 4.90 Å². The molecule has 2 aromatic rings. The number of thioether (sulfide) groups is 1. The minimum absolute atomic E-state index is 0.150. The van der Waals surface area contributed by atoms with Gasteiger partial charge in [-0.05, 0) is 12.1 Å². The molecule has 98 valence electrons. The number of nitrogens with one attached hydrogen (secondary N) is 2. The zero-order valence-corrected chi connectivity index (χ0v) is 10.4. The molecule has 1 atom stereocenters. The first-order chi connectivity index (χ1) is 9.13. The van der Waals surface area contributed by atoms with Gasteiger partial charge in [-0.25, -0.2) is 4.39 Å². The van der Waals surface area contributed by atoms with Gasteiger partial charge in [0.05, 0.1) is 15.8 Å². The summed E-state index contributed by atoms with van der Waals surface area (Å²) < 4.78 is 18.5. The van der Waals surface area contributed by atoms with E-state index < -0.39 is 11.1 Å². The number of hydrogen-bond acceptors (Lipinski definition) is 4. The number of rotatable bonds is 1. The number of hydrogen-bond donors (Lipinski definition) is 2. The maximum absolute atomic E-state index is 13.0. The van der Waals surface area contributed by atoms with Gasteiger partial charge < -0.3 is 14.7 Å². The van der Waals surface area contributed by atoms with Crippen LogP contribution in [0.15, 0.2) is 38.9 Å². The van der Waals surface area contributed by atoms with Crippen molar-refractivity contribution < 1.29 is 9.13 Å². The minimum Gasteiger partial charge on any atom is -0.491 e. The zero-order chi connectivity index (χ0) is 13.4. The van der Waals surface area contributed by atoms with Crippen LogP contribution < -0.4 is 15.9 Å². The molecular weight excluding hydrogens is 271 g/mol. The summed E-state index contributed by atoms with van der Waals surface area (Å²) in [6, 6.07) is 4.31. The summed E-state index contributed by atoms with van der Waals surface area (Å²) in [4.78, 5) is 28.0. The van der Waals surface area contributed by atoms with Crippen molar-refractivity contribution in [2.45, 2.75) is 10.1 Å². The molecule has 0 aliphatic carbocycles. The van der Waals surface area contributed by atoms with E-state index in [4.69, 9.17) is 4.74 Å². The molecule has 2 heterocycles. The molecule has 1 aliphatic heterocycles. The smallest absolute Gasteiger partial charge is 0.313 e. The summed E-state index contributed by atoms with van der Waals surface area (Å²) in [6.45, 7) is 0.295. The second-order valence-electron chi connectivity index (χ2n) is 4.04. The van der Waals surface area contributed by atoms with Crippen molar-refractivity contribution in [3.05, 3.63) is 56.6 Å². The predicted octanol–water partition coefficient (Wildman–Crippen LogP) is 1.43. The van der Waals surface area contributed by atoms with E-state index in [-0.39, 0.29) is 11.1 Å². The summed E-state index contributed by atoms with van der Waals surface area (Å²) in [7, 11) is 0. The molecule has 1 aliphatic rings. The largest absolute Gasteiger partial charge is 0.491 e. The molecule has 0 saturated carbocycles. The second-order valence-corrected chi connectivity index (χ2v) is 5.28. The zero-order valence-electron chi connectivity index (χ0n) is 9.60. The van der Waals surface area contributed by atoms with E-state index in [9.17, 15) is 14.0 Å². The number of halogens is 1. The lowest BCUT2D eigenvalue weighted by Gasteiger charge is -2.24. The maximum atomic E-state index is 13.0. The Morgan fingerprint density at radius 3 is 2.95 bits per heavy atom. The maximum Gasteiger partial charge on any atom is 0.313 e. The fourth-order valence-electron chi connectivity index (χ4n) is 1.80. The third kappa shape index (κ3) is 2.28. The van der Waals surface area contributed by atoms with Crippen molar-refractivity contribution in [3.63, 3.8) is 0 Å². The topological polar surface area (TPSA) is 75.0 Å². The molecule has 7 heteroatoms. The van der Waals surface area contributed by atoms with Crippen molar-refractivity contribution in [3.8, 4) is 5.75 Å². The molecule has 0 bridgehead atoms. The third-order valence-corrected chi connectivity index (χ3v) is 4.00. The first-order valence-electron chi connectivity index (χ1n) is 5.54. The molecule has 0 unspecified atom stereocenters. The molecule has 0 radical (unpaired) electrons. The Hall–Kier alpha value is -2.02. The average molecular weight is 280 g/mol. The number of aromatic nitrogens is 2. The van der Waals surface area contributed by atoms with Crippen molar-refractivity contribution >= 4 is 11.8 Å². The number of fused-ring (bicyclic) bond motifs is 1. The van der Waals surface area contributed by atoms with Crippen LogP contribution in [0.5, 0.6) is 5.75 Å². The van der Waals surface area contributed by atoms with Crippen LogP contribution in [-0.2, 0) is 0 Å². The third-order valence-electron chi connectivity index (χ3n) is 2.73. The van der Waals surface area contributed by atoms with Crippen LogP contribution in [0, 0.1) is 5.82 Å². The lowest BCUT2D eigenvalue weighted by Crippen LogP contribution is -2.31. The molecule has 0 fully saturated rings. The van der Waals surface area contributed by atoms with Gasteiger partial charge in [0.2, 0.25) is 0 Å². The molecule has 0 saturated heterocycles. The van der Waals surface area contributed by atoms with E-state index in [0.29, 0.717) is 18.1 Å². The molecule has 5 nitrogen and oxygen atoms in total. The molecule has 1 aromatic heterocycles. The SMILES string of the molecule is O=c1[nH]cc([C@@H]2COc3cc(F)ccc3S2)[nH]c1=O. The Labute approximate surface area is 110 Å². The van der Waals surface area contributed by atoms with Crippen LogP contribution in [0.4, 0.5) is 4.39 Å². The summed E-state index contributed by atoms with van der Waals surface area (Å²) in [5.41, 5.74) is -0.805. The quantitative estimate of drug-likeness (QED) is 0.775. The van der Waals surface area contributed by atoms with Gasteiger partial charge in [-0.15, -0.1) is 11.8 Å². The van der Waals surface area contributed by atoms with Gasteiger partial charge in [0, 0.05) is 12.3 Å². The van der Waals surface area contributed by atoms with E-state index in [1.165, 1.54) is 30.1 Å². The highest BCUT2D eigenvalue weighted by Crippen LogP contribution is 2.43. The van der Waals surface area contributed by atoms with Crippen molar-refractivity contribution in [1.82, 2.24) is 9.97 Å². The molecule has 2 N–H and O–H groups in total. The molecular formula is C12H9FN2O3S. The monoisotopic (exact) mass is 280 g/mol. The molecule has 1 aromatic carbocycles. The van der Waals surface area contributed by atoms with Gasteiger partial charge in [-0.2, -0.15) is 0 Å². The molecule has 0 spiro atoms. The van der Waals surface area contributed by atoms with Crippen LogP contribution >= 0.6 is 11.8 Å². The van der Waals surface area contributed by atoms with Crippen LogP contribution in [0.2, 0.25) is 0 Å². The normalized spacial score (nSPS) is 17.6. The van der Waals surface area contributed by atoms with Crippen molar-refractivity contribution in [1.29, 1.82) is 0 Å². The van der Waals surface area contributed by atoms with Crippen LogP contribution in [0.3, 0.4) is 0 Å². The lowest BCUT2D eigenvalue weighted by atomic mass is 10.3. The Morgan fingerprint density at radius 2 is 2.16 bits per heavy atom. The fraction of sp³-hybridized carbons (Fsp3) is 0.167. The predicted molar refractivity (Wildman–Crippen MR) is 68.2 cm³/mol. The second kappa shape index (κ2) is 4.58. The van der Waals surface area contributed by atoms with E-state index in [1.807, 2.05) is 0 Å². The van der Waals surface area contributed by atoms with Crippen molar-refractivity contribution in [2.75, 3.05) is 6.61 Å². The highest BCUT2D eigenvalue weighted by atomic mass is 32.2. The van der Waals surface area contributed by atoms with Gasteiger partial charge in [0.25, 0.3) is 0 Å². The van der Waals surface area contributed by atoms with Gasteiger partial charge in [0.15, 0.2) is 0 Å². The minimum atomic E-state index is -0.692. The van der Waals surface area contributed by atoms with E-state index >= 15 is 0 Å². The standard InChI is InChI=1S/C12H9FN2O3S/c13-6-1-2-9-8(3-6)18-5-10(19-9)7-4-14-11(16)12(17)15-7/h1-4,10H,5H2,(H,14,16)(H,15,17)/t10-/m0/s1. The van der Waals surface area contributed by atoms with Crippen molar-refractivity contribution in [2.24, 2.45) is 0 Å². The Morgan fingerprint density at radius 1 is 1.32 bits per heavy atom. The average Bonchev–Trinajstić information content (AvgIpc) is 2.41. The summed E-state index contributed by atoms with van der Waals surface area (Å²) in [5.74, 6) is 0.142. The van der Waals surface area contributed by atoms with Gasteiger partial charge in [-0.3, -0.25) is 9.59 Å². The number of ether oxygens (including phenoxy) is 1. The molecule has 0 amide bonds. The van der Waals surface area contributed by atoms with Crippen LogP contribution in [0.25, 0.3) is 0 Å². The lowest BCUT2D eigenvalue weighted by molar-refractivity contribution is 0.300. The Kier molecular flexibility index (Phi) is 2.90. The van der Waals surface area contributed by atoms with E-state index in [1.54, 1.807) is 6.07 Å². The molecule has 3 rings (SSSR count). The van der Waals surface area contributed by atoms with Gasteiger partial charge >= 0.3 is 11.1 Å². The highest BCUT2D eigenvalue weighted by molar-refractivity contribution is 7.99. The first kappa shape index (κ1) is 12.0. The Bertz CT molecular complexity index is 740. The number of aromatic amines is 2. The Balaban J connectivity index is 1.93. The number of H-pyrrole nitrogens is 2. The van der Waals surface area contributed by atoms with Gasteiger partial charge in [0.1, 0.15) is 18.2 Å². The summed E-state index contributed by atoms with van der Waals surface area (Å²) in [6.07, 6.45) is 1.46.